The van der Waals surface area contributed by atoms with Crippen LogP contribution in [-0.4, -0.2) is 52.5 Å². The lowest BCUT2D eigenvalue weighted by Gasteiger charge is -2.12. The minimum Gasteiger partial charge on any atom is -0.481 e. The van der Waals surface area contributed by atoms with Crippen LogP contribution in [0.1, 0.15) is 6.92 Å². The second-order valence-corrected chi connectivity index (χ2v) is 4.56. The van der Waals surface area contributed by atoms with Crippen molar-refractivity contribution in [2.24, 2.45) is 5.92 Å². The number of carbonyl (C=O) groups excluding carboxylic acids is 2. The first kappa shape index (κ1) is 12.8. The van der Waals surface area contributed by atoms with Crippen LogP contribution in [0.4, 0.5) is 4.79 Å². The highest BCUT2D eigenvalue weighted by molar-refractivity contribution is 7.99. The maximum absolute atomic E-state index is 11.5. The van der Waals surface area contributed by atoms with Crippen LogP contribution in [-0.2, 0) is 9.59 Å². The molecule has 7 heteroatoms. The Balaban J connectivity index is 2.25. The minimum atomic E-state index is -0.876. The van der Waals surface area contributed by atoms with Gasteiger partial charge in [-0.3, -0.25) is 14.5 Å². The minimum absolute atomic E-state index is 0.144. The van der Waals surface area contributed by atoms with Gasteiger partial charge in [0.05, 0.1) is 11.7 Å². The van der Waals surface area contributed by atoms with E-state index in [0.29, 0.717) is 18.8 Å². The van der Waals surface area contributed by atoms with Gasteiger partial charge in [0.15, 0.2) is 0 Å². The van der Waals surface area contributed by atoms with Crippen molar-refractivity contribution in [2.75, 3.05) is 24.6 Å². The molecule has 2 N–H and O–H groups in total. The maximum Gasteiger partial charge on any atom is 0.324 e. The van der Waals surface area contributed by atoms with Gasteiger partial charge in [0, 0.05) is 18.8 Å². The summed E-state index contributed by atoms with van der Waals surface area (Å²) in [5, 5.41) is 11.2. The Bertz CT molecular complexity index is 308. The third kappa shape index (κ3) is 3.41. The van der Waals surface area contributed by atoms with Gasteiger partial charge in [0.1, 0.15) is 0 Å². The number of carboxylic acids is 1. The Morgan fingerprint density at radius 1 is 1.62 bits per heavy atom. The molecule has 0 aromatic carbocycles. The van der Waals surface area contributed by atoms with Crippen LogP contribution >= 0.6 is 11.8 Å². The summed E-state index contributed by atoms with van der Waals surface area (Å²) in [6.45, 7) is 2.47. The molecule has 1 aliphatic rings. The molecule has 1 unspecified atom stereocenters. The van der Waals surface area contributed by atoms with Gasteiger partial charge in [0.25, 0.3) is 0 Å². The number of hydrogen-bond donors (Lipinski definition) is 2. The van der Waals surface area contributed by atoms with E-state index in [1.807, 2.05) is 0 Å². The molecule has 1 atom stereocenters. The van der Waals surface area contributed by atoms with Crippen LogP contribution < -0.4 is 5.32 Å². The van der Waals surface area contributed by atoms with Crippen molar-refractivity contribution in [3.05, 3.63) is 0 Å². The number of carbonyl (C=O) groups is 3. The molecule has 0 aliphatic carbocycles. The molecule has 0 radical (unpaired) electrons. The molecule has 0 bridgehead atoms. The summed E-state index contributed by atoms with van der Waals surface area (Å²) >= 11 is 1.23. The molecule has 3 amide bonds. The molecule has 0 aromatic rings. The van der Waals surface area contributed by atoms with Gasteiger partial charge in [0.2, 0.25) is 5.91 Å². The second kappa shape index (κ2) is 5.74. The lowest BCUT2D eigenvalue weighted by molar-refractivity contribution is -0.140. The lowest BCUT2D eigenvalue weighted by atomic mass is 10.2. The first-order chi connectivity index (χ1) is 7.52. The number of nitrogens with zero attached hydrogens (tertiary/aromatic N) is 1. The largest absolute Gasteiger partial charge is 0.481 e. The standard InChI is InChI=1S/C9H14N2O4S/c1-6(8(13)14)4-16-5-7(12)11-3-2-10-9(11)15/h6H,2-5H2,1H3,(H,10,15)(H,13,14). The summed E-state index contributed by atoms with van der Waals surface area (Å²) < 4.78 is 0. The van der Waals surface area contributed by atoms with Crippen LogP contribution in [0.2, 0.25) is 0 Å². The molecule has 1 rings (SSSR count). The van der Waals surface area contributed by atoms with Gasteiger partial charge in [-0.25, -0.2) is 4.79 Å². The normalized spacial score (nSPS) is 17.1. The van der Waals surface area contributed by atoms with E-state index in [2.05, 4.69) is 5.32 Å². The zero-order chi connectivity index (χ0) is 12.1. The number of thioether (sulfide) groups is 1. The SMILES string of the molecule is CC(CSCC(=O)N1CCNC1=O)C(=O)O. The molecular formula is C9H14N2O4S. The lowest BCUT2D eigenvalue weighted by Crippen LogP contribution is -2.35. The van der Waals surface area contributed by atoms with Crippen LogP contribution in [0.3, 0.4) is 0 Å². The van der Waals surface area contributed by atoms with E-state index in [4.69, 9.17) is 5.11 Å². The zero-order valence-corrected chi connectivity index (χ0v) is 9.75. The summed E-state index contributed by atoms with van der Waals surface area (Å²) in [6.07, 6.45) is 0. The molecule has 1 heterocycles. The van der Waals surface area contributed by atoms with Gasteiger partial charge >= 0.3 is 12.0 Å². The Hall–Kier alpha value is -1.24. The fourth-order valence-electron chi connectivity index (χ4n) is 1.18. The zero-order valence-electron chi connectivity index (χ0n) is 8.93. The summed E-state index contributed by atoms with van der Waals surface area (Å²) in [7, 11) is 0. The predicted octanol–water partition coefficient (Wildman–Crippen LogP) is -0.00790. The molecule has 6 nitrogen and oxygen atoms in total. The molecule has 16 heavy (non-hydrogen) atoms. The van der Waals surface area contributed by atoms with Crippen LogP contribution in [0.25, 0.3) is 0 Å². The quantitative estimate of drug-likeness (QED) is 0.712. The molecule has 0 aromatic heterocycles. The van der Waals surface area contributed by atoms with E-state index >= 15 is 0 Å². The first-order valence-electron chi connectivity index (χ1n) is 4.91. The molecule has 1 saturated heterocycles. The molecule has 0 spiro atoms. The first-order valence-corrected chi connectivity index (χ1v) is 6.06. The highest BCUT2D eigenvalue weighted by Gasteiger charge is 2.25. The average Bonchev–Trinajstić information content (AvgIpc) is 2.64. The van der Waals surface area contributed by atoms with Crippen molar-refractivity contribution < 1.29 is 19.5 Å². The number of amides is 3. The van der Waals surface area contributed by atoms with E-state index in [0.717, 1.165) is 4.90 Å². The van der Waals surface area contributed by atoms with Crippen molar-refractivity contribution in [1.82, 2.24) is 10.2 Å². The highest BCUT2D eigenvalue weighted by atomic mass is 32.2. The molecule has 1 aliphatic heterocycles. The molecule has 1 fully saturated rings. The van der Waals surface area contributed by atoms with E-state index in [9.17, 15) is 14.4 Å². The summed E-state index contributed by atoms with van der Waals surface area (Å²) in [6, 6.07) is -0.364. The van der Waals surface area contributed by atoms with E-state index in [1.165, 1.54) is 11.8 Å². The predicted molar refractivity (Wildman–Crippen MR) is 59.2 cm³/mol. The number of carboxylic acid groups (broad SMARTS) is 1. The van der Waals surface area contributed by atoms with E-state index in [-0.39, 0.29) is 17.7 Å². The van der Waals surface area contributed by atoms with Crippen molar-refractivity contribution in [3.63, 3.8) is 0 Å². The fourth-order valence-corrected chi connectivity index (χ4v) is 2.13. The van der Waals surface area contributed by atoms with Crippen LogP contribution in [0.15, 0.2) is 0 Å². The Morgan fingerprint density at radius 3 is 2.81 bits per heavy atom. The molecule has 90 valence electrons. The van der Waals surface area contributed by atoms with E-state index in [1.54, 1.807) is 6.92 Å². The van der Waals surface area contributed by atoms with Crippen molar-refractivity contribution >= 4 is 29.7 Å². The number of urea groups is 1. The monoisotopic (exact) mass is 246 g/mol. The highest BCUT2D eigenvalue weighted by Crippen LogP contribution is 2.10. The average molecular weight is 246 g/mol. The smallest absolute Gasteiger partial charge is 0.324 e. The number of rotatable bonds is 5. The number of hydrogen-bond acceptors (Lipinski definition) is 4. The number of aliphatic carboxylic acids is 1. The van der Waals surface area contributed by atoms with Gasteiger partial charge in [-0.15, -0.1) is 0 Å². The molecule has 0 saturated carbocycles. The summed E-state index contributed by atoms with van der Waals surface area (Å²) in [5.41, 5.74) is 0. The Kier molecular flexibility index (Phi) is 4.60. The topological polar surface area (TPSA) is 86.7 Å². The maximum atomic E-state index is 11.5. The van der Waals surface area contributed by atoms with Crippen LogP contribution in [0, 0.1) is 5.92 Å². The van der Waals surface area contributed by atoms with Gasteiger partial charge in [-0.05, 0) is 0 Å². The third-order valence-electron chi connectivity index (χ3n) is 2.17. The summed E-state index contributed by atoms with van der Waals surface area (Å²) in [4.78, 5) is 34.3. The van der Waals surface area contributed by atoms with Crippen molar-refractivity contribution in [1.29, 1.82) is 0 Å². The van der Waals surface area contributed by atoms with Gasteiger partial charge < -0.3 is 10.4 Å². The number of nitrogens with one attached hydrogen (secondary N) is 1. The van der Waals surface area contributed by atoms with E-state index < -0.39 is 11.9 Å². The van der Waals surface area contributed by atoms with Crippen molar-refractivity contribution in [3.8, 4) is 0 Å². The molecular weight excluding hydrogens is 232 g/mol. The van der Waals surface area contributed by atoms with Crippen LogP contribution in [0.5, 0.6) is 0 Å². The second-order valence-electron chi connectivity index (χ2n) is 3.53. The fraction of sp³-hybridized carbons (Fsp3) is 0.667. The Morgan fingerprint density at radius 2 is 2.31 bits per heavy atom. The Labute approximate surface area is 97.4 Å². The number of imide groups is 1. The summed E-state index contributed by atoms with van der Waals surface area (Å²) in [5.74, 6) is -1.11. The van der Waals surface area contributed by atoms with Gasteiger partial charge in [-0.1, -0.05) is 6.92 Å². The third-order valence-corrected chi connectivity index (χ3v) is 3.36. The van der Waals surface area contributed by atoms with Crippen molar-refractivity contribution in [2.45, 2.75) is 6.92 Å². The van der Waals surface area contributed by atoms with Gasteiger partial charge in [-0.2, -0.15) is 11.8 Å².